The minimum Gasteiger partial charge on any atom is -0.388 e. The van der Waals surface area contributed by atoms with Gasteiger partial charge in [-0.25, -0.2) is 0 Å². The van der Waals surface area contributed by atoms with Crippen LogP contribution in [-0.4, -0.2) is 42.9 Å². The molecule has 0 aromatic heterocycles. The zero-order valence-electron chi connectivity index (χ0n) is 9.00. The molecule has 1 aliphatic rings. The van der Waals surface area contributed by atoms with E-state index in [1.54, 1.807) is 0 Å². The second-order valence-corrected chi connectivity index (χ2v) is 4.05. The van der Waals surface area contributed by atoms with Crippen LogP contribution < -0.4 is 11.1 Å². The normalized spacial score (nSPS) is 19.1. The molecule has 0 saturated heterocycles. The minimum atomic E-state index is -0.691. The van der Waals surface area contributed by atoms with Gasteiger partial charge in [-0.15, -0.1) is 0 Å². The van der Waals surface area contributed by atoms with E-state index in [0.717, 1.165) is 25.7 Å². The number of carbonyl (C=O) groups excluding carboxylic acids is 1. The summed E-state index contributed by atoms with van der Waals surface area (Å²) in [5.41, 5.74) is 4.52. The summed E-state index contributed by atoms with van der Waals surface area (Å²) in [5.74, 6) is -0.191. The fourth-order valence-electron chi connectivity index (χ4n) is 1.77. The number of hydrogen-bond acceptors (Lipinski definition) is 4. The lowest BCUT2D eigenvalue weighted by Gasteiger charge is -2.22. The van der Waals surface area contributed by atoms with Gasteiger partial charge in [0.25, 0.3) is 0 Å². The van der Waals surface area contributed by atoms with Gasteiger partial charge in [0.2, 0.25) is 5.91 Å². The summed E-state index contributed by atoms with van der Waals surface area (Å²) in [6, 6.07) is 0. The monoisotopic (exact) mass is 216 g/mol. The SMILES string of the molecule is NCCOCC(=O)NCC1(O)CCCC1. The molecule has 0 aromatic carbocycles. The molecule has 88 valence electrons. The van der Waals surface area contributed by atoms with Crippen molar-refractivity contribution in [1.82, 2.24) is 5.32 Å². The third-order valence-corrected chi connectivity index (χ3v) is 2.64. The van der Waals surface area contributed by atoms with Gasteiger partial charge in [0.15, 0.2) is 0 Å². The molecule has 0 heterocycles. The zero-order valence-corrected chi connectivity index (χ0v) is 9.00. The predicted molar refractivity (Wildman–Crippen MR) is 56.3 cm³/mol. The Labute approximate surface area is 90.0 Å². The first-order valence-corrected chi connectivity index (χ1v) is 5.43. The molecule has 1 fully saturated rings. The lowest BCUT2D eigenvalue weighted by Crippen LogP contribution is -2.42. The molecule has 0 atom stereocenters. The first kappa shape index (κ1) is 12.4. The van der Waals surface area contributed by atoms with E-state index < -0.39 is 5.60 Å². The van der Waals surface area contributed by atoms with Gasteiger partial charge >= 0.3 is 0 Å². The summed E-state index contributed by atoms with van der Waals surface area (Å²) in [4.78, 5) is 11.2. The molecule has 5 nitrogen and oxygen atoms in total. The van der Waals surface area contributed by atoms with E-state index in [2.05, 4.69) is 5.32 Å². The van der Waals surface area contributed by atoms with Crippen LogP contribution >= 0.6 is 0 Å². The fraction of sp³-hybridized carbons (Fsp3) is 0.900. The topological polar surface area (TPSA) is 84.6 Å². The molecule has 0 unspecified atom stereocenters. The Hall–Kier alpha value is -0.650. The van der Waals surface area contributed by atoms with Gasteiger partial charge in [0, 0.05) is 13.1 Å². The summed E-state index contributed by atoms with van der Waals surface area (Å²) < 4.78 is 4.97. The molecule has 1 amide bonds. The number of nitrogens with two attached hydrogens (primary N) is 1. The number of nitrogens with one attached hydrogen (secondary N) is 1. The van der Waals surface area contributed by atoms with Crippen LogP contribution in [0.3, 0.4) is 0 Å². The quantitative estimate of drug-likeness (QED) is 0.517. The second kappa shape index (κ2) is 6.05. The highest BCUT2D eigenvalue weighted by atomic mass is 16.5. The first-order chi connectivity index (χ1) is 7.16. The Balaban J connectivity index is 2.10. The lowest BCUT2D eigenvalue weighted by molar-refractivity contribution is -0.126. The average Bonchev–Trinajstić information content (AvgIpc) is 2.64. The van der Waals surface area contributed by atoms with Crippen molar-refractivity contribution in [3.05, 3.63) is 0 Å². The number of aliphatic hydroxyl groups is 1. The van der Waals surface area contributed by atoms with Gasteiger partial charge in [-0.1, -0.05) is 12.8 Å². The van der Waals surface area contributed by atoms with Crippen LogP contribution in [0.5, 0.6) is 0 Å². The molecular formula is C10H20N2O3. The number of hydrogen-bond donors (Lipinski definition) is 3. The van der Waals surface area contributed by atoms with Crippen LogP contribution in [0.15, 0.2) is 0 Å². The largest absolute Gasteiger partial charge is 0.388 e. The van der Waals surface area contributed by atoms with Crippen molar-refractivity contribution in [2.45, 2.75) is 31.3 Å². The Bertz CT molecular complexity index is 203. The van der Waals surface area contributed by atoms with Crippen LogP contribution in [0.1, 0.15) is 25.7 Å². The fourth-order valence-corrected chi connectivity index (χ4v) is 1.77. The number of carbonyl (C=O) groups is 1. The van der Waals surface area contributed by atoms with E-state index >= 15 is 0 Å². The van der Waals surface area contributed by atoms with Crippen molar-refractivity contribution in [1.29, 1.82) is 0 Å². The maximum absolute atomic E-state index is 11.2. The molecule has 0 aromatic rings. The highest BCUT2D eigenvalue weighted by molar-refractivity contribution is 5.77. The van der Waals surface area contributed by atoms with Gasteiger partial charge in [0.1, 0.15) is 6.61 Å². The molecule has 4 N–H and O–H groups in total. The lowest BCUT2D eigenvalue weighted by atomic mass is 10.0. The van der Waals surface area contributed by atoms with Crippen molar-refractivity contribution in [2.24, 2.45) is 5.73 Å². The number of amides is 1. The molecule has 1 aliphatic carbocycles. The van der Waals surface area contributed by atoms with E-state index in [1.807, 2.05) is 0 Å². The van der Waals surface area contributed by atoms with Crippen LogP contribution in [0.4, 0.5) is 0 Å². The highest BCUT2D eigenvalue weighted by Crippen LogP contribution is 2.28. The van der Waals surface area contributed by atoms with Crippen molar-refractivity contribution < 1.29 is 14.6 Å². The predicted octanol–water partition coefficient (Wildman–Crippen LogP) is -0.617. The van der Waals surface area contributed by atoms with E-state index in [9.17, 15) is 9.90 Å². The number of ether oxygens (including phenoxy) is 1. The van der Waals surface area contributed by atoms with Crippen LogP contribution in [-0.2, 0) is 9.53 Å². The molecule has 1 rings (SSSR count). The standard InChI is InChI=1S/C10H20N2O3/c11-5-6-15-7-9(13)12-8-10(14)3-1-2-4-10/h14H,1-8,11H2,(H,12,13). The van der Waals surface area contributed by atoms with Crippen molar-refractivity contribution >= 4 is 5.91 Å². The zero-order chi connectivity index (χ0) is 11.1. The highest BCUT2D eigenvalue weighted by Gasteiger charge is 2.31. The smallest absolute Gasteiger partial charge is 0.246 e. The summed E-state index contributed by atoms with van der Waals surface area (Å²) in [6.45, 7) is 1.15. The van der Waals surface area contributed by atoms with Crippen LogP contribution in [0.2, 0.25) is 0 Å². The third-order valence-electron chi connectivity index (χ3n) is 2.64. The van der Waals surface area contributed by atoms with Crippen molar-refractivity contribution in [3.63, 3.8) is 0 Å². The summed E-state index contributed by atoms with van der Waals surface area (Å²) in [5, 5.41) is 12.6. The Kier molecular flexibility index (Phi) is 5.01. The van der Waals surface area contributed by atoms with E-state index in [1.165, 1.54) is 0 Å². The summed E-state index contributed by atoms with van der Waals surface area (Å²) in [7, 11) is 0. The van der Waals surface area contributed by atoms with Gasteiger partial charge in [0.05, 0.1) is 12.2 Å². The van der Waals surface area contributed by atoms with Gasteiger partial charge in [-0.2, -0.15) is 0 Å². The molecule has 15 heavy (non-hydrogen) atoms. The third kappa shape index (κ3) is 4.59. The average molecular weight is 216 g/mol. The Morgan fingerprint density at radius 2 is 2.13 bits per heavy atom. The molecule has 1 saturated carbocycles. The maximum atomic E-state index is 11.2. The summed E-state index contributed by atoms with van der Waals surface area (Å²) >= 11 is 0. The molecule has 0 spiro atoms. The van der Waals surface area contributed by atoms with E-state index in [0.29, 0.717) is 19.7 Å². The first-order valence-electron chi connectivity index (χ1n) is 5.43. The van der Waals surface area contributed by atoms with Crippen LogP contribution in [0, 0.1) is 0 Å². The van der Waals surface area contributed by atoms with Crippen molar-refractivity contribution in [2.75, 3.05) is 26.3 Å². The molecule has 5 heteroatoms. The minimum absolute atomic E-state index is 0.0211. The maximum Gasteiger partial charge on any atom is 0.246 e. The summed E-state index contributed by atoms with van der Waals surface area (Å²) in [6.07, 6.45) is 3.62. The molecule has 0 bridgehead atoms. The van der Waals surface area contributed by atoms with Gasteiger partial charge < -0.3 is 20.9 Å². The molecule has 0 aliphatic heterocycles. The molecule has 0 radical (unpaired) electrons. The van der Waals surface area contributed by atoms with Crippen molar-refractivity contribution in [3.8, 4) is 0 Å². The Morgan fingerprint density at radius 1 is 1.47 bits per heavy atom. The number of rotatable bonds is 6. The Morgan fingerprint density at radius 3 is 2.73 bits per heavy atom. The molecular weight excluding hydrogens is 196 g/mol. The van der Waals surface area contributed by atoms with Crippen LogP contribution in [0.25, 0.3) is 0 Å². The van der Waals surface area contributed by atoms with E-state index in [4.69, 9.17) is 10.5 Å². The van der Waals surface area contributed by atoms with Gasteiger partial charge in [-0.3, -0.25) is 4.79 Å². The van der Waals surface area contributed by atoms with E-state index in [-0.39, 0.29) is 12.5 Å². The second-order valence-electron chi connectivity index (χ2n) is 4.05. The van der Waals surface area contributed by atoms with Gasteiger partial charge in [-0.05, 0) is 12.8 Å².